The van der Waals surface area contributed by atoms with E-state index in [2.05, 4.69) is 21.7 Å². The number of rotatable bonds is 4. The molecule has 2 amide bonds. The van der Waals surface area contributed by atoms with E-state index in [1.165, 1.54) is 0 Å². The smallest absolute Gasteiger partial charge is 0.414 e. The standard InChI is InChI=1S/C31H35N7O3/c1-30(2,3)41-29(40)38-17-31(4,5)22-14-18(12-20(16-32)26(22)38)24-10-11-33-28(36-24)34-21-8-9-23-19(13-21)15-25(35-23)27(39)37(6)7/h8-14,25,35H,15,17H2,1-7H3,(H,33,34,36). The van der Waals surface area contributed by atoms with Crippen LogP contribution in [0.25, 0.3) is 11.3 Å². The molecule has 0 saturated heterocycles. The van der Waals surface area contributed by atoms with Gasteiger partial charge in [0.25, 0.3) is 0 Å². The van der Waals surface area contributed by atoms with Gasteiger partial charge in [0, 0.05) is 55.6 Å². The Morgan fingerprint density at radius 2 is 1.95 bits per heavy atom. The molecular weight excluding hydrogens is 518 g/mol. The summed E-state index contributed by atoms with van der Waals surface area (Å²) in [6, 6.07) is 13.4. The maximum absolute atomic E-state index is 13.0. The number of ether oxygens (including phenoxy) is 1. The molecule has 212 valence electrons. The molecule has 10 nitrogen and oxygen atoms in total. The van der Waals surface area contributed by atoms with E-state index in [4.69, 9.17) is 9.72 Å². The van der Waals surface area contributed by atoms with Crippen LogP contribution in [0.5, 0.6) is 0 Å². The van der Waals surface area contributed by atoms with Crippen LogP contribution in [0, 0.1) is 11.3 Å². The van der Waals surface area contributed by atoms with Crippen molar-refractivity contribution in [3.05, 3.63) is 59.3 Å². The summed E-state index contributed by atoms with van der Waals surface area (Å²) in [7, 11) is 3.51. The molecule has 1 atom stereocenters. The van der Waals surface area contributed by atoms with Crippen LogP contribution in [0.15, 0.2) is 42.6 Å². The number of anilines is 4. The Morgan fingerprint density at radius 3 is 2.63 bits per heavy atom. The average molecular weight is 554 g/mol. The van der Waals surface area contributed by atoms with E-state index in [0.717, 1.165) is 28.1 Å². The Labute approximate surface area is 240 Å². The van der Waals surface area contributed by atoms with E-state index >= 15 is 0 Å². The zero-order chi connectivity index (χ0) is 29.7. The molecule has 3 heterocycles. The molecule has 0 fully saturated rings. The van der Waals surface area contributed by atoms with Gasteiger partial charge in [0.2, 0.25) is 11.9 Å². The number of benzene rings is 2. The largest absolute Gasteiger partial charge is 0.443 e. The minimum absolute atomic E-state index is 0.0372. The third-order valence-corrected chi connectivity index (χ3v) is 7.20. The minimum atomic E-state index is -0.651. The lowest BCUT2D eigenvalue weighted by Gasteiger charge is -2.26. The molecule has 2 aromatic carbocycles. The molecule has 10 heteroatoms. The number of hydrogen-bond acceptors (Lipinski definition) is 8. The summed E-state index contributed by atoms with van der Waals surface area (Å²) in [5, 5.41) is 16.6. The molecule has 0 aliphatic carbocycles. The van der Waals surface area contributed by atoms with Crippen LogP contribution in [0.1, 0.15) is 51.3 Å². The van der Waals surface area contributed by atoms with Crippen LogP contribution in [0.4, 0.5) is 27.8 Å². The van der Waals surface area contributed by atoms with Crippen LogP contribution in [0.2, 0.25) is 0 Å². The number of hydrogen-bond donors (Lipinski definition) is 2. The van der Waals surface area contributed by atoms with Crippen molar-refractivity contribution in [2.24, 2.45) is 0 Å². The molecule has 5 rings (SSSR count). The van der Waals surface area contributed by atoms with Gasteiger partial charge in [-0.05, 0) is 68.3 Å². The summed E-state index contributed by atoms with van der Waals surface area (Å²) in [6.45, 7) is 9.97. The van der Waals surface area contributed by atoms with E-state index < -0.39 is 17.1 Å². The topological polar surface area (TPSA) is 123 Å². The zero-order valence-corrected chi connectivity index (χ0v) is 24.5. The highest BCUT2D eigenvalue weighted by Gasteiger charge is 2.42. The van der Waals surface area contributed by atoms with Crippen molar-refractivity contribution >= 4 is 35.0 Å². The molecule has 3 aromatic rings. The van der Waals surface area contributed by atoms with E-state index in [9.17, 15) is 14.9 Å². The van der Waals surface area contributed by atoms with Gasteiger partial charge in [0.05, 0.1) is 16.9 Å². The van der Waals surface area contributed by atoms with Gasteiger partial charge in [-0.2, -0.15) is 5.26 Å². The first-order chi connectivity index (χ1) is 19.3. The number of aromatic nitrogens is 2. The first kappa shape index (κ1) is 27.9. The number of nitrogens with one attached hydrogen (secondary N) is 2. The summed E-state index contributed by atoms with van der Waals surface area (Å²) < 4.78 is 5.64. The van der Waals surface area contributed by atoms with Gasteiger partial charge in [0.15, 0.2) is 0 Å². The monoisotopic (exact) mass is 553 g/mol. The highest BCUT2D eigenvalue weighted by molar-refractivity contribution is 5.95. The molecule has 0 radical (unpaired) electrons. The van der Waals surface area contributed by atoms with Crippen molar-refractivity contribution in [1.29, 1.82) is 5.26 Å². The maximum atomic E-state index is 13.0. The second kappa shape index (κ2) is 10.1. The van der Waals surface area contributed by atoms with Gasteiger partial charge in [-0.25, -0.2) is 14.8 Å². The van der Waals surface area contributed by atoms with Gasteiger partial charge < -0.3 is 20.3 Å². The molecule has 41 heavy (non-hydrogen) atoms. The molecule has 1 aromatic heterocycles. The van der Waals surface area contributed by atoms with E-state index in [1.807, 2.05) is 58.9 Å². The van der Waals surface area contributed by atoms with Gasteiger partial charge in [-0.3, -0.25) is 9.69 Å². The fourth-order valence-corrected chi connectivity index (χ4v) is 5.32. The molecule has 0 spiro atoms. The highest BCUT2D eigenvalue weighted by Crippen LogP contribution is 2.45. The van der Waals surface area contributed by atoms with Crippen molar-refractivity contribution in [1.82, 2.24) is 14.9 Å². The number of amides is 2. The third-order valence-electron chi connectivity index (χ3n) is 7.20. The van der Waals surface area contributed by atoms with Crippen LogP contribution in [-0.2, 0) is 21.4 Å². The number of fused-ring (bicyclic) bond motifs is 2. The van der Waals surface area contributed by atoms with Crippen molar-refractivity contribution in [3.63, 3.8) is 0 Å². The van der Waals surface area contributed by atoms with Crippen LogP contribution in [0.3, 0.4) is 0 Å². The zero-order valence-electron chi connectivity index (χ0n) is 24.5. The first-order valence-electron chi connectivity index (χ1n) is 13.6. The maximum Gasteiger partial charge on any atom is 0.414 e. The Hall–Kier alpha value is -4.65. The van der Waals surface area contributed by atoms with Gasteiger partial charge in [-0.15, -0.1) is 0 Å². The Balaban J connectivity index is 1.42. The Kier molecular flexibility index (Phi) is 6.85. The first-order valence-corrected chi connectivity index (χ1v) is 13.6. The average Bonchev–Trinajstić information content (AvgIpc) is 3.45. The summed E-state index contributed by atoms with van der Waals surface area (Å²) >= 11 is 0. The van der Waals surface area contributed by atoms with Crippen LogP contribution >= 0.6 is 0 Å². The quantitative estimate of drug-likeness (QED) is 0.451. The molecule has 2 N–H and O–H groups in total. The molecule has 2 aliphatic rings. The molecular formula is C31H35N7O3. The van der Waals surface area contributed by atoms with Crippen molar-refractivity contribution < 1.29 is 14.3 Å². The van der Waals surface area contributed by atoms with E-state index in [1.54, 1.807) is 42.2 Å². The van der Waals surface area contributed by atoms with Crippen molar-refractivity contribution in [2.45, 2.75) is 58.1 Å². The lowest BCUT2D eigenvalue weighted by Crippen LogP contribution is -2.38. The third kappa shape index (κ3) is 5.53. The molecule has 0 bridgehead atoms. The normalized spacial score (nSPS) is 16.7. The molecule has 2 aliphatic heterocycles. The lowest BCUT2D eigenvalue weighted by molar-refractivity contribution is -0.129. The van der Waals surface area contributed by atoms with Gasteiger partial charge in [0.1, 0.15) is 17.7 Å². The Bertz CT molecular complexity index is 1580. The SMILES string of the molecule is CN(C)C(=O)C1Cc2cc(Nc3nccc(-c4cc(C#N)c5c(c4)C(C)(C)CN5C(=O)OC(C)(C)C)n3)ccc2N1. The lowest BCUT2D eigenvalue weighted by atomic mass is 9.85. The van der Waals surface area contributed by atoms with Crippen molar-refractivity contribution in [2.75, 3.05) is 36.2 Å². The minimum Gasteiger partial charge on any atom is -0.443 e. The summed E-state index contributed by atoms with van der Waals surface area (Å²) in [5.41, 5.74) is 5.00. The molecule has 1 unspecified atom stereocenters. The molecule has 0 saturated carbocycles. The second-order valence-electron chi connectivity index (χ2n) is 12.4. The number of nitrogens with zero attached hydrogens (tertiary/aromatic N) is 5. The van der Waals surface area contributed by atoms with Crippen LogP contribution < -0.4 is 15.5 Å². The number of likely N-dealkylation sites (N-methyl/N-ethyl adjacent to an activating group) is 1. The predicted octanol–water partition coefficient (Wildman–Crippen LogP) is 5.22. The second-order valence-corrected chi connectivity index (χ2v) is 12.4. The highest BCUT2D eigenvalue weighted by atomic mass is 16.6. The fourth-order valence-electron chi connectivity index (χ4n) is 5.32. The van der Waals surface area contributed by atoms with Crippen LogP contribution in [-0.4, -0.2) is 59.2 Å². The summed E-state index contributed by atoms with van der Waals surface area (Å²) in [6.07, 6.45) is 1.80. The number of carbonyl (C=O) groups is 2. The summed E-state index contributed by atoms with van der Waals surface area (Å²) in [4.78, 5) is 37.7. The van der Waals surface area contributed by atoms with E-state index in [-0.39, 0.29) is 11.9 Å². The van der Waals surface area contributed by atoms with Gasteiger partial charge in [-0.1, -0.05) is 13.8 Å². The van der Waals surface area contributed by atoms with E-state index in [0.29, 0.717) is 35.9 Å². The fraction of sp³-hybridized carbons (Fsp3) is 0.387. The predicted molar refractivity (Wildman–Crippen MR) is 158 cm³/mol. The van der Waals surface area contributed by atoms with Crippen molar-refractivity contribution in [3.8, 4) is 17.3 Å². The number of carbonyl (C=O) groups excluding carboxylic acids is 2. The Morgan fingerprint density at radius 1 is 1.20 bits per heavy atom. The summed E-state index contributed by atoms with van der Waals surface area (Å²) in [5.74, 6) is 0.443. The number of nitriles is 1. The van der Waals surface area contributed by atoms with Gasteiger partial charge >= 0.3 is 6.09 Å².